The molecule has 0 fully saturated rings. The van der Waals surface area contributed by atoms with Crippen LogP contribution < -0.4 is 14.9 Å². The molecule has 0 amide bonds. The molecule has 39 heavy (non-hydrogen) atoms. The van der Waals surface area contributed by atoms with Crippen LogP contribution in [0.4, 0.5) is 13.2 Å². The molecule has 0 aliphatic carbocycles. The van der Waals surface area contributed by atoms with Gasteiger partial charge in [-0.1, -0.05) is 69.3 Å². The first-order valence-electron chi connectivity index (χ1n) is 12.1. The summed E-state index contributed by atoms with van der Waals surface area (Å²) in [4.78, 5) is 26.0. The molecule has 5 nitrogen and oxygen atoms in total. The van der Waals surface area contributed by atoms with Crippen LogP contribution in [-0.2, 0) is 11.6 Å². The molecule has 1 heterocycles. The van der Waals surface area contributed by atoms with Crippen LogP contribution in [0.2, 0.25) is 0 Å². The molecule has 4 aromatic carbocycles. The number of alkyl halides is 3. The smallest absolute Gasteiger partial charge is 0.449 e. The Bertz CT molecular complexity index is 1760. The number of hydrogen-bond donors (Lipinski definition) is 0. The highest BCUT2D eigenvalue weighted by atomic mass is 19.4. The predicted molar refractivity (Wildman–Crippen MR) is 142 cm³/mol. The molecule has 5 aromatic rings. The summed E-state index contributed by atoms with van der Waals surface area (Å²) in [6.07, 6.45) is -5.02. The number of ether oxygens (including phenoxy) is 2. The maximum atomic E-state index is 14.0. The van der Waals surface area contributed by atoms with Gasteiger partial charge in [-0.3, -0.25) is 4.79 Å². The van der Waals surface area contributed by atoms with Crippen molar-refractivity contribution in [3.8, 4) is 17.2 Å². The molecule has 198 valence electrons. The van der Waals surface area contributed by atoms with Gasteiger partial charge in [-0.15, -0.1) is 0 Å². The van der Waals surface area contributed by atoms with E-state index < -0.39 is 34.7 Å². The SMILES string of the molecule is CC(C)(C)c1ccc(Oc2c(C(F)(F)F)oc3cc(OC(=O)c4cccc5ccccc45)ccc3c2=O)cc1. The first kappa shape index (κ1) is 26.0. The van der Waals surface area contributed by atoms with Crippen LogP contribution in [-0.4, -0.2) is 5.97 Å². The van der Waals surface area contributed by atoms with Crippen molar-refractivity contribution in [2.45, 2.75) is 32.4 Å². The van der Waals surface area contributed by atoms with E-state index in [-0.39, 0.29) is 27.9 Å². The van der Waals surface area contributed by atoms with Gasteiger partial charge < -0.3 is 13.9 Å². The fourth-order valence-corrected chi connectivity index (χ4v) is 4.21. The molecule has 0 saturated heterocycles. The van der Waals surface area contributed by atoms with Crippen molar-refractivity contribution < 1.29 is 31.9 Å². The molecular weight excluding hydrogens is 509 g/mol. The fourth-order valence-electron chi connectivity index (χ4n) is 4.21. The summed E-state index contributed by atoms with van der Waals surface area (Å²) in [6.45, 7) is 5.99. The number of fused-ring (bicyclic) bond motifs is 2. The Morgan fingerprint density at radius 3 is 2.15 bits per heavy atom. The summed E-state index contributed by atoms with van der Waals surface area (Å²) in [5.74, 6) is -3.29. The van der Waals surface area contributed by atoms with Crippen molar-refractivity contribution in [2.75, 3.05) is 0 Å². The Balaban J connectivity index is 1.51. The van der Waals surface area contributed by atoms with Gasteiger partial charge in [0.25, 0.3) is 5.76 Å². The van der Waals surface area contributed by atoms with Crippen LogP contribution in [0.25, 0.3) is 21.7 Å². The summed E-state index contributed by atoms with van der Waals surface area (Å²) in [6, 6.07) is 22.4. The number of carbonyl (C=O) groups is 1. The number of esters is 1. The van der Waals surface area contributed by atoms with Crippen LogP contribution in [0.15, 0.2) is 94.1 Å². The lowest BCUT2D eigenvalue weighted by molar-refractivity contribution is -0.154. The molecule has 5 rings (SSSR count). The first-order valence-corrected chi connectivity index (χ1v) is 12.1. The van der Waals surface area contributed by atoms with Crippen LogP contribution >= 0.6 is 0 Å². The first-order chi connectivity index (χ1) is 18.4. The lowest BCUT2D eigenvalue weighted by Gasteiger charge is -2.19. The second-order valence-corrected chi connectivity index (χ2v) is 10.0. The summed E-state index contributed by atoms with van der Waals surface area (Å²) in [5, 5.41) is 1.33. The third kappa shape index (κ3) is 5.23. The molecule has 0 spiro atoms. The van der Waals surface area contributed by atoms with E-state index in [1.165, 1.54) is 24.3 Å². The second-order valence-electron chi connectivity index (χ2n) is 10.0. The lowest BCUT2D eigenvalue weighted by atomic mass is 9.87. The number of hydrogen-bond acceptors (Lipinski definition) is 5. The summed E-state index contributed by atoms with van der Waals surface area (Å²) >= 11 is 0. The van der Waals surface area contributed by atoms with Gasteiger partial charge in [0.2, 0.25) is 11.2 Å². The zero-order valence-electron chi connectivity index (χ0n) is 21.3. The van der Waals surface area contributed by atoms with Crippen molar-refractivity contribution in [3.63, 3.8) is 0 Å². The van der Waals surface area contributed by atoms with E-state index >= 15 is 0 Å². The van der Waals surface area contributed by atoms with Gasteiger partial charge in [-0.2, -0.15) is 13.2 Å². The Morgan fingerprint density at radius 2 is 1.46 bits per heavy atom. The van der Waals surface area contributed by atoms with Crippen molar-refractivity contribution in [2.24, 2.45) is 0 Å². The second kappa shape index (κ2) is 9.62. The van der Waals surface area contributed by atoms with Crippen molar-refractivity contribution in [1.29, 1.82) is 0 Å². The van der Waals surface area contributed by atoms with Crippen LogP contribution in [0.3, 0.4) is 0 Å². The highest BCUT2D eigenvalue weighted by molar-refractivity contribution is 6.05. The molecule has 1 aromatic heterocycles. The van der Waals surface area contributed by atoms with Crippen LogP contribution in [0.5, 0.6) is 17.2 Å². The minimum atomic E-state index is -5.02. The maximum absolute atomic E-state index is 14.0. The van der Waals surface area contributed by atoms with Gasteiger partial charge in [-0.05, 0) is 52.1 Å². The Kier molecular flexibility index (Phi) is 6.42. The topological polar surface area (TPSA) is 65.7 Å². The molecule has 0 saturated carbocycles. The molecule has 0 aliphatic rings. The van der Waals surface area contributed by atoms with Gasteiger partial charge in [0.1, 0.15) is 17.1 Å². The number of carbonyl (C=O) groups excluding carboxylic acids is 1. The molecule has 0 bridgehead atoms. The number of halogens is 3. The molecule has 0 unspecified atom stereocenters. The summed E-state index contributed by atoms with van der Waals surface area (Å²) in [5.41, 5.74) is -0.345. The number of rotatable bonds is 4. The average Bonchev–Trinajstić information content (AvgIpc) is 2.89. The van der Waals surface area contributed by atoms with E-state index in [1.54, 1.807) is 36.4 Å². The van der Waals surface area contributed by atoms with Crippen LogP contribution in [0, 0.1) is 0 Å². The van der Waals surface area contributed by atoms with E-state index in [2.05, 4.69) is 0 Å². The van der Waals surface area contributed by atoms with Gasteiger partial charge >= 0.3 is 12.1 Å². The van der Waals surface area contributed by atoms with Crippen molar-refractivity contribution >= 4 is 27.7 Å². The zero-order chi connectivity index (χ0) is 27.9. The number of benzene rings is 4. The zero-order valence-corrected chi connectivity index (χ0v) is 21.3. The van der Waals surface area contributed by atoms with Gasteiger partial charge in [0, 0.05) is 6.07 Å². The summed E-state index contributed by atoms with van der Waals surface area (Å²) in [7, 11) is 0. The standard InChI is InChI=1S/C31H23F3O5/c1-30(2,3)19-11-13-20(14-12-19)37-27-26(35)24-16-15-21(17-25(24)39-28(27)31(32,33)34)38-29(36)23-10-6-8-18-7-4-5-9-22(18)23/h4-17H,1-3H3. The van der Waals surface area contributed by atoms with Crippen molar-refractivity contribution in [1.82, 2.24) is 0 Å². The molecular formula is C31H23F3O5. The van der Waals surface area contributed by atoms with E-state index in [0.717, 1.165) is 17.0 Å². The molecule has 0 radical (unpaired) electrons. The maximum Gasteiger partial charge on any atom is 0.453 e. The Morgan fingerprint density at radius 1 is 0.795 bits per heavy atom. The molecule has 0 aliphatic heterocycles. The molecule has 0 N–H and O–H groups in total. The van der Waals surface area contributed by atoms with Gasteiger partial charge in [-0.25, -0.2) is 4.79 Å². The minimum Gasteiger partial charge on any atom is -0.449 e. The van der Waals surface area contributed by atoms with E-state index in [1.807, 2.05) is 39.0 Å². The molecule has 0 atom stereocenters. The lowest BCUT2D eigenvalue weighted by Crippen LogP contribution is -2.16. The fraction of sp³-hybridized carbons (Fsp3) is 0.161. The third-order valence-corrected chi connectivity index (χ3v) is 6.24. The highest BCUT2D eigenvalue weighted by Crippen LogP contribution is 2.39. The summed E-state index contributed by atoms with van der Waals surface area (Å²) < 4.78 is 57.9. The van der Waals surface area contributed by atoms with Crippen LogP contribution in [0.1, 0.15) is 42.5 Å². The van der Waals surface area contributed by atoms with E-state index in [9.17, 15) is 22.8 Å². The largest absolute Gasteiger partial charge is 0.453 e. The molecule has 8 heteroatoms. The monoisotopic (exact) mass is 532 g/mol. The van der Waals surface area contributed by atoms with E-state index in [0.29, 0.717) is 5.39 Å². The third-order valence-electron chi connectivity index (χ3n) is 6.24. The Hall–Kier alpha value is -4.59. The minimum absolute atomic E-state index is 0.0563. The van der Waals surface area contributed by atoms with E-state index in [4.69, 9.17) is 13.9 Å². The average molecular weight is 533 g/mol. The normalized spacial score (nSPS) is 12.1. The van der Waals surface area contributed by atoms with Gasteiger partial charge in [0.15, 0.2) is 0 Å². The Labute approximate surface area is 221 Å². The quantitative estimate of drug-likeness (QED) is 0.172. The van der Waals surface area contributed by atoms with Crippen molar-refractivity contribution in [3.05, 3.63) is 112 Å². The highest BCUT2D eigenvalue weighted by Gasteiger charge is 2.40. The predicted octanol–water partition coefficient (Wildman–Crippen LogP) is 8.27. The van der Waals surface area contributed by atoms with Gasteiger partial charge in [0.05, 0.1) is 10.9 Å².